The lowest BCUT2D eigenvalue weighted by molar-refractivity contribution is 0.0996. The number of para-hydroxylation sites is 1. The Balaban J connectivity index is 1.89. The summed E-state index contributed by atoms with van der Waals surface area (Å²) in [6, 6.07) is 11.9. The van der Waals surface area contributed by atoms with Gasteiger partial charge in [-0.25, -0.2) is 4.39 Å². The number of benzene rings is 2. The largest absolute Gasteiger partial charge is 0.494 e. The Kier molecular flexibility index (Phi) is 8.16. The van der Waals surface area contributed by atoms with Crippen molar-refractivity contribution >= 4 is 27.5 Å². The van der Waals surface area contributed by atoms with Crippen molar-refractivity contribution in [3.05, 3.63) is 58.6 Å². The normalized spacial score (nSPS) is 11.9. The number of carbonyl (C=O) groups is 1. The molecule has 0 bridgehead atoms. The van der Waals surface area contributed by atoms with Crippen molar-refractivity contribution in [2.45, 2.75) is 39.7 Å². The molecular weight excluding hydrogens is 403 g/mol. The molecule has 5 nitrogen and oxygen atoms in total. The molecule has 0 spiro atoms. The van der Waals surface area contributed by atoms with Crippen LogP contribution in [0.4, 0.5) is 4.39 Å². The number of fused-ring (bicyclic) bond motifs is 1. The average Bonchev–Trinajstić information content (AvgIpc) is 3.10. The zero-order valence-electron chi connectivity index (χ0n) is 17.4. The average molecular weight is 431 g/mol. The van der Waals surface area contributed by atoms with Crippen LogP contribution in [0.15, 0.2) is 47.5 Å². The molecule has 1 aromatic heterocycles. The first-order chi connectivity index (χ1) is 14.6. The second-order valence-corrected chi connectivity index (χ2v) is 7.83. The molecule has 0 N–H and O–H groups in total. The molecule has 1 heterocycles. The summed E-state index contributed by atoms with van der Waals surface area (Å²) in [5, 5.41) is 0. The fourth-order valence-electron chi connectivity index (χ4n) is 3.09. The van der Waals surface area contributed by atoms with Crippen LogP contribution in [-0.2, 0) is 11.3 Å². The Morgan fingerprint density at radius 2 is 1.97 bits per heavy atom. The number of amides is 1. The Labute approximate surface area is 179 Å². The van der Waals surface area contributed by atoms with E-state index in [-0.39, 0.29) is 11.7 Å². The van der Waals surface area contributed by atoms with Gasteiger partial charge in [0.05, 0.1) is 23.4 Å². The van der Waals surface area contributed by atoms with Crippen molar-refractivity contribution in [1.29, 1.82) is 0 Å². The molecule has 0 saturated carbocycles. The summed E-state index contributed by atoms with van der Waals surface area (Å²) < 4.78 is 28.1. The van der Waals surface area contributed by atoms with E-state index in [4.69, 9.17) is 9.47 Å². The molecule has 0 saturated heterocycles. The monoisotopic (exact) mass is 430 g/mol. The van der Waals surface area contributed by atoms with Crippen LogP contribution in [0.1, 0.15) is 43.5 Å². The van der Waals surface area contributed by atoms with Gasteiger partial charge in [0.1, 0.15) is 11.6 Å². The summed E-state index contributed by atoms with van der Waals surface area (Å²) in [4.78, 5) is 17.6. The minimum atomic E-state index is -0.383. The number of ether oxygens (including phenoxy) is 2. The summed E-state index contributed by atoms with van der Waals surface area (Å²) in [7, 11) is 0. The van der Waals surface area contributed by atoms with Gasteiger partial charge in [-0.1, -0.05) is 43.2 Å². The maximum absolute atomic E-state index is 14.5. The van der Waals surface area contributed by atoms with Crippen LogP contribution in [0.3, 0.4) is 0 Å². The SMILES string of the molecule is CCCCCOc1cccc(C(=O)N=c2sc3cccc(F)c3n2CCOCC)c1. The molecule has 3 rings (SSSR count). The van der Waals surface area contributed by atoms with E-state index < -0.39 is 0 Å². The fraction of sp³-hybridized carbons (Fsp3) is 0.391. The Morgan fingerprint density at radius 1 is 1.13 bits per heavy atom. The summed E-state index contributed by atoms with van der Waals surface area (Å²) in [5.74, 6) is -0.0680. The van der Waals surface area contributed by atoms with Gasteiger partial charge in [-0.15, -0.1) is 0 Å². The van der Waals surface area contributed by atoms with Gasteiger partial charge in [-0.2, -0.15) is 4.99 Å². The van der Waals surface area contributed by atoms with Gasteiger partial charge < -0.3 is 14.0 Å². The quantitative estimate of drug-likeness (QED) is 0.416. The van der Waals surface area contributed by atoms with E-state index in [0.717, 1.165) is 24.0 Å². The van der Waals surface area contributed by atoms with Crippen molar-refractivity contribution in [3.8, 4) is 5.75 Å². The van der Waals surface area contributed by atoms with Gasteiger partial charge in [0.25, 0.3) is 5.91 Å². The topological polar surface area (TPSA) is 52.8 Å². The van der Waals surface area contributed by atoms with Gasteiger partial charge in [-0.3, -0.25) is 4.79 Å². The van der Waals surface area contributed by atoms with Crippen LogP contribution in [0, 0.1) is 5.82 Å². The van der Waals surface area contributed by atoms with E-state index in [1.807, 2.05) is 19.1 Å². The van der Waals surface area contributed by atoms with E-state index in [9.17, 15) is 9.18 Å². The molecule has 30 heavy (non-hydrogen) atoms. The first-order valence-electron chi connectivity index (χ1n) is 10.3. The first-order valence-corrected chi connectivity index (χ1v) is 11.1. The maximum Gasteiger partial charge on any atom is 0.279 e. The third kappa shape index (κ3) is 5.55. The van der Waals surface area contributed by atoms with E-state index in [1.54, 1.807) is 28.8 Å². The predicted octanol–water partition coefficient (Wildman–Crippen LogP) is 5.19. The molecule has 3 aromatic rings. The molecular formula is C23H27FN2O3S. The smallest absolute Gasteiger partial charge is 0.279 e. The molecule has 0 atom stereocenters. The van der Waals surface area contributed by atoms with Crippen LogP contribution in [0.2, 0.25) is 0 Å². The third-order valence-electron chi connectivity index (χ3n) is 4.61. The molecule has 160 valence electrons. The van der Waals surface area contributed by atoms with Gasteiger partial charge in [0.2, 0.25) is 0 Å². The van der Waals surface area contributed by atoms with Crippen molar-refractivity contribution < 1.29 is 18.7 Å². The highest BCUT2D eigenvalue weighted by Crippen LogP contribution is 2.21. The molecule has 0 aliphatic heterocycles. The van der Waals surface area contributed by atoms with Crippen LogP contribution < -0.4 is 9.54 Å². The summed E-state index contributed by atoms with van der Waals surface area (Å²) in [6.45, 7) is 6.07. The van der Waals surface area contributed by atoms with Crippen molar-refractivity contribution in [3.63, 3.8) is 0 Å². The molecule has 2 aromatic carbocycles. The summed E-state index contributed by atoms with van der Waals surface area (Å²) >= 11 is 1.29. The summed E-state index contributed by atoms with van der Waals surface area (Å²) in [6.07, 6.45) is 3.21. The van der Waals surface area contributed by atoms with Crippen LogP contribution in [-0.4, -0.2) is 30.3 Å². The van der Waals surface area contributed by atoms with Crippen LogP contribution >= 0.6 is 11.3 Å². The number of aromatic nitrogens is 1. The molecule has 0 unspecified atom stereocenters. The van der Waals surface area contributed by atoms with Crippen molar-refractivity contribution in [2.75, 3.05) is 19.8 Å². The number of rotatable bonds is 10. The first kappa shape index (κ1) is 22.2. The predicted molar refractivity (Wildman–Crippen MR) is 118 cm³/mol. The molecule has 1 amide bonds. The third-order valence-corrected chi connectivity index (χ3v) is 5.65. The number of thiazole rings is 1. The maximum atomic E-state index is 14.5. The number of carbonyl (C=O) groups excluding carboxylic acids is 1. The molecule has 0 aliphatic carbocycles. The standard InChI is InChI=1S/C23H27FN2O3S/c1-3-5-6-14-29-18-10-7-9-17(16-18)22(27)25-23-26(13-15-28-4-2)21-19(24)11-8-12-20(21)30-23/h7-12,16H,3-6,13-15H2,1-2H3. The Hall–Kier alpha value is -2.51. The fourth-order valence-corrected chi connectivity index (χ4v) is 4.16. The van der Waals surface area contributed by atoms with Crippen molar-refractivity contribution in [2.24, 2.45) is 4.99 Å². The molecule has 0 radical (unpaired) electrons. The van der Waals surface area contributed by atoms with E-state index >= 15 is 0 Å². The second-order valence-electron chi connectivity index (χ2n) is 6.82. The number of halogens is 1. The molecule has 0 aliphatic rings. The van der Waals surface area contributed by atoms with Gasteiger partial charge in [0, 0.05) is 18.7 Å². The van der Waals surface area contributed by atoms with E-state index in [1.165, 1.54) is 17.4 Å². The highest BCUT2D eigenvalue weighted by Gasteiger charge is 2.13. The van der Waals surface area contributed by atoms with Crippen molar-refractivity contribution in [1.82, 2.24) is 4.57 Å². The Bertz CT molecular complexity index is 1060. The lowest BCUT2D eigenvalue weighted by Crippen LogP contribution is -2.20. The van der Waals surface area contributed by atoms with Crippen LogP contribution in [0.5, 0.6) is 5.75 Å². The zero-order valence-corrected chi connectivity index (χ0v) is 18.2. The lowest BCUT2D eigenvalue weighted by atomic mass is 10.2. The van der Waals surface area contributed by atoms with Gasteiger partial charge >= 0.3 is 0 Å². The molecule has 7 heteroatoms. The minimum absolute atomic E-state index is 0.336. The molecule has 0 fully saturated rings. The van der Waals surface area contributed by atoms with Gasteiger partial charge in [0.15, 0.2) is 4.80 Å². The number of hydrogen-bond acceptors (Lipinski definition) is 4. The van der Waals surface area contributed by atoms with Crippen LogP contribution in [0.25, 0.3) is 10.2 Å². The lowest BCUT2D eigenvalue weighted by Gasteiger charge is -2.07. The number of unbranched alkanes of at least 4 members (excludes halogenated alkanes) is 2. The minimum Gasteiger partial charge on any atom is -0.494 e. The zero-order chi connectivity index (χ0) is 21.3. The second kappa shape index (κ2) is 11.0. The Morgan fingerprint density at radius 3 is 2.77 bits per heavy atom. The highest BCUT2D eigenvalue weighted by molar-refractivity contribution is 7.16. The number of hydrogen-bond donors (Lipinski definition) is 0. The van der Waals surface area contributed by atoms with Gasteiger partial charge in [-0.05, 0) is 43.7 Å². The summed E-state index contributed by atoms with van der Waals surface area (Å²) in [5.41, 5.74) is 0.888. The highest BCUT2D eigenvalue weighted by atomic mass is 32.1. The van der Waals surface area contributed by atoms with E-state index in [2.05, 4.69) is 11.9 Å². The van der Waals surface area contributed by atoms with E-state index in [0.29, 0.717) is 48.0 Å². The number of nitrogens with zero attached hydrogens (tertiary/aromatic N) is 2.